The quantitative estimate of drug-likeness (QED) is 0.407. The van der Waals surface area contributed by atoms with Gasteiger partial charge in [0, 0.05) is 30.6 Å². The monoisotopic (exact) mass is 502 g/mol. The molecule has 0 aliphatic carbocycles. The third-order valence-corrected chi connectivity index (χ3v) is 5.87. The molecule has 186 valence electrons. The van der Waals surface area contributed by atoms with Crippen LogP contribution in [-0.2, 0) is 25.8 Å². The second-order valence-electron chi connectivity index (χ2n) is 8.17. The Hall–Kier alpha value is -2.97. The Morgan fingerprint density at radius 1 is 1.29 bits per heavy atom. The van der Waals surface area contributed by atoms with Crippen LogP contribution in [0.1, 0.15) is 30.5 Å². The summed E-state index contributed by atoms with van der Waals surface area (Å²) in [5.74, 6) is -0.880. The van der Waals surface area contributed by atoms with E-state index >= 15 is 0 Å². The first-order valence-corrected chi connectivity index (χ1v) is 12.1. The number of sulfonamides is 1. The van der Waals surface area contributed by atoms with Crippen LogP contribution in [0.2, 0.25) is 0 Å². The predicted octanol–water partition coefficient (Wildman–Crippen LogP) is 0.203. The van der Waals surface area contributed by atoms with Gasteiger partial charge in [-0.2, -0.15) is 17.6 Å². The van der Waals surface area contributed by atoms with E-state index in [-0.39, 0.29) is 25.4 Å². The van der Waals surface area contributed by atoms with Crippen molar-refractivity contribution in [2.75, 3.05) is 19.3 Å². The Balaban J connectivity index is 1.62. The summed E-state index contributed by atoms with van der Waals surface area (Å²) in [5, 5.41) is 8.43. The minimum absolute atomic E-state index is 0.138. The molecule has 3 rings (SSSR count). The molecule has 0 saturated carbocycles. The average molecular weight is 503 g/mol. The molecule has 10 nitrogen and oxygen atoms in total. The molecule has 1 aromatic carbocycles. The molecule has 1 saturated heterocycles. The first-order valence-electron chi connectivity index (χ1n) is 10.2. The van der Waals surface area contributed by atoms with Crippen molar-refractivity contribution in [1.82, 2.24) is 20.9 Å². The fourth-order valence-electron chi connectivity index (χ4n) is 3.57. The number of carbonyl (C=O) groups excluding carboxylic acids is 2. The molecular weight excluding hydrogens is 477 g/mol. The second-order valence-corrected chi connectivity index (χ2v) is 9.84. The summed E-state index contributed by atoms with van der Waals surface area (Å²) in [7, 11) is -3.58. The van der Waals surface area contributed by atoms with Crippen molar-refractivity contribution in [3.05, 3.63) is 46.7 Å². The van der Waals surface area contributed by atoms with E-state index in [9.17, 15) is 31.2 Å². The average Bonchev–Trinajstić information content (AvgIpc) is 3.11. The molecule has 2 heterocycles. The van der Waals surface area contributed by atoms with Gasteiger partial charge < -0.3 is 16.4 Å². The van der Waals surface area contributed by atoms with E-state index < -0.39 is 46.0 Å². The van der Waals surface area contributed by atoms with Gasteiger partial charge in [0.2, 0.25) is 21.8 Å². The van der Waals surface area contributed by atoms with Crippen LogP contribution in [0, 0.1) is 0 Å². The molecule has 0 bridgehead atoms. The van der Waals surface area contributed by atoms with Crippen molar-refractivity contribution in [2.45, 2.75) is 37.9 Å². The molecule has 0 radical (unpaired) electrons. The zero-order valence-electron chi connectivity index (χ0n) is 18.4. The number of halogens is 3. The molecule has 2 amide bonds. The summed E-state index contributed by atoms with van der Waals surface area (Å²) in [6, 6.07) is 2.96. The second kappa shape index (κ2) is 9.72. The van der Waals surface area contributed by atoms with Crippen LogP contribution < -0.4 is 21.7 Å². The minimum Gasteiger partial charge on any atom is -0.401 e. The van der Waals surface area contributed by atoms with Crippen molar-refractivity contribution in [3.63, 3.8) is 0 Å². The topological polar surface area (TPSA) is 146 Å². The Morgan fingerprint density at radius 2 is 1.94 bits per heavy atom. The molecule has 14 heteroatoms. The number of hydrogen-bond acceptors (Lipinski definition) is 7. The molecule has 1 fully saturated rings. The maximum Gasteiger partial charge on any atom is 0.416 e. The molecule has 0 spiro atoms. The molecule has 0 aromatic heterocycles. The smallest absolute Gasteiger partial charge is 0.401 e. The van der Waals surface area contributed by atoms with Gasteiger partial charge in [0.25, 0.3) is 0 Å². The number of hydrogen-bond donors (Lipinski definition) is 4. The van der Waals surface area contributed by atoms with Crippen LogP contribution in [0.25, 0.3) is 0 Å². The standard InChI is InChI=1S/C20H25F3N6O4S/c1-11(12-3-5-14(6-4-12)20(21,22)23)26-18(31)16-7-17(30)28-19(27-16)29-9-13(15(24)10-29)8-25-34(2,32)33/h3-6,8,11,16,19,27H,7,9-10,24H2,1-2H3,(H,26,31)(H,28,30)/b25-8+/t11-,16?,19?/m1/s1. The lowest BCUT2D eigenvalue weighted by atomic mass is 10.0. The van der Waals surface area contributed by atoms with Crippen LogP contribution in [-0.4, -0.2) is 63.0 Å². The third kappa shape index (κ3) is 6.55. The summed E-state index contributed by atoms with van der Waals surface area (Å²) in [4.78, 5) is 26.7. The van der Waals surface area contributed by atoms with Gasteiger partial charge in [-0.15, -0.1) is 0 Å². The SMILES string of the molecule is C[C@@H](NC(=O)C1CC(=O)NC(N2CC(N)=C(/C=N/S(C)(=O)=O)C2)N1)c1ccc(C(F)(F)F)cc1. The maximum absolute atomic E-state index is 12.8. The molecule has 1 aromatic rings. The number of alkyl halides is 3. The first kappa shape index (κ1) is 25.6. The van der Waals surface area contributed by atoms with Gasteiger partial charge in [-0.1, -0.05) is 12.1 Å². The molecule has 5 N–H and O–H groups in total. The largest absolute Gasteiger partial charge is 0.416 e. The summed E-state index contributed by atoms with van der Waals surface area (Å²) in [5.41, 5.74) is 6.51. The first-order chi connectivity index (χ1) is 15.7. The zero-order chi connectivity index (χ0) is 25.3. The highest BCUT2D eigenvalue weighted by Crippen LogP contribution is 2.30. The lowest BCUT2D eigenvalue weighted by Crippen LogP contribution is -2.66. The number of nitrogens with zero attached hydrogens (tertiary/aromatic N) is 2. The van der Waals surface area contributed by atoms with E-state index in [1.807, 2.05) is 0 Å². The number of rotatable bonds is 6. The molecule has 3 atom stereocenters. The number of nitrogens with two attached hydrogens (primary N) is 1. The number of carbonyl (C=O) groups is 2. The number of nitrogens with one attached hydrogen (secondary N) is 3. The van der Waals surface area contributed by atoms with Crippen LogP contribution in [0.5, 0.6) is 0 Å². The van der Waals surface area contributed by atoms with Crippen LogP contribution in [0.15, 0.2) is 39.9 Å². The highest BCUT2D eigenvalue weighted by atomic mass is 32.2. The van der Waals surface area contributed by atoms with E-state index in [1.54, 1.807) is 11.8 Å². The molecular formula is C20H25F3N6O4S. The van der Waals surface area contributed by atoms with Gasteiger partial charge in [0.1, 0.15) is 6.29 Å². The molecule has 2 unspecified atom stereocenters. The van der Waals surface area contributed by atoms with Crippen LogP contribution in [0.4, 0.5) is 13.2 Å². The summed E-state index contributed by atoms with van der Waals surface area (Å²) >= 11 is 0. The van der Waals surface area contributed by atoms with Gasteiger partial charge in [0.05, 0.1) is 30.3 Å². The van der Waals surface area contributed by atoms with Gasteiger partial charge in [-0.3, -0.25) is 19.8 Å². The summed E-state index contributed by atoms with van der Waals surface area (Å²) < 4.78 is 64.2. The Labute approximate surface area is 194 Å². The van der Waals surface area contributed by atoms with Gasteiger partial charge in [0.15, 0.2) is 0 Å². The maximum atomic E-state index is 12.8. The highest BCUT2D eigenvalue weighted by Gasteiger charge is 2.36. The van der Waals surface area contributed by atoms with Crippen molar-refractivity contribution in [3.8, 4) is 0 Å². The molecule has 34 heavy (non-hydrogen) atoms. The van der Waals surface area contributed by atoms with E-state index in [1.165, 1.54) is 12.1 Å². The lowest BCUT2D eigenvalue weighted by Gasteiger charge is -2.36. The Kier molecular flexibility index (Phi) is 7.33. The minimum atomic E-state index is -4.45. The van der Waals surface area contributed by atoms with Crippen molar-refractivity contribution >= 4 is 28.1 Å². The highest BCUT2D eigenvalue weighted by molar-refractivity contribution is 7.89. The Morgan fingerprint density at radius 3 is 2.53 bits per heavy atom. The number of amides is 2. The lowest BCUT2D eigenvalue weighted by molar-refractivity contribution is -0.137. The van der Waals surface area contributed by atoms with Crippen molar-refractivity contribution in [2.24, 2.45) is 10.1 Å². The Bertz CT molecular complexity index is 1120. The predicted molar refractivity (Wildman–Crippen MR) is 118 cm³/mol. The molecule has 2 aliphatic rings. The summed E-state index contributed by atoms with van der Waals surface area (Å²) in [6.07, 6.45) is -3.23. The van der Waals surface area contributed by atoms with E-state index in [0.717, 1.165) is 24.6 Å². The van der Waals surface area contributed by atoms with E-state index in [0.29, 0.717) is 16.8 Å². The van der Waals surface area contributed by atoms with Crippen molar-refractivity contribution in [1.29, 1.82) is 0 Å². The normalized spacial score (nSPS) is 23.3. The fourth-order valence-corrected chi connectivity index (χ4v) is 3.89. The van der Waals surface area contributed by atoms with Gasteiger partial charge >= 0.3 is 6.18 Å². The van der Waals surface area contributed by atoms with Gasteiger partial charge in [-0.25, -0.2) is 8.42 Å². The van der Waals surface area contributed by atoms with Crippen LogP contribution in [0.3, 0.4) is 0 Å². The third-order valence-electron chi connectivity index (χ3n) is 5.38. The van der Waals surface area contributed by atoms with Crippen molar-refractivity contribution < 1.29 is 31.2 Å². The van der Waals surface area contributed by atoms with Crippen LogP contribution >= 0.6 is 0 Å². The summed E-state index contributed by atoms with van der Waals surface area (Å²) in [6.45, 7) is 2.03. The van der Waals surface area contributed by atoms with Gasteiger partial charge in [-0.05, 0) is 24.6 Å². The zero-order valence-corrected chi connectivity index (χ0v) is 19.2. The van der Waals surface area contributed by atoms with E-state index in [2.05, 4.69) is 20.3 Å². The molecule has 2 aliphatic heterocycles. The van der Waals surface area contributed by atoms with E-state index in [4.69, 9.17) is 5.73 Å². The fraction of sp³-hybridized carbons (Fsp3) is 0.450. The number of benzene rings is 1.